The Morgan fingerprint density at radius 3 is 2.85 bits per heavy atom. The molecule has 102 valence electrons. The molecule has 0 aliphatic carbocycles. The second-order valence-corrected chi connectivity index (χ2v) is 4.78. The van der Waals surface area contributed by atoms with Crippen LogP contribution in [0, 0.1) is 5.82 Å². The molecule has 0 spiro atoms. The van der Waals surface area contributed by atoms with Crippen LogP contribution in [0.2, 0.25) is 5.02 Å². The minimum Gasteiger partial charge on any atom is -0.437 e. The van der Waals surface area contributed by atoms with Crippen LogP contribution >= 0.6 is 23.2 Å². The van der Waals surface area contributed by atoms with Crippen LogP contribution in [-0.4, -0.2) is 9.38 Å². The van der Waals surface area contributed by atoms with Gasteiger partial charge in [-0.05, 0) is 24.3 Å². The molecular formula is C14H9Cl2FN2O. The average molecular weight is 311 g/mol. The molecule has 2 heterocycles. The van der Waals surface area contributed by atoms with Crippen molar-refractivity contribution in [1.29, 1.82) is 0 Å². The van der Waals surface area contributed by atoms with Gasteiger partial charge in [0, 0.05) is 12.3 Å². The second kappa shape index (κ2) is 5.31. The Bertz CT molecular complexity index is 773. The van der Waals surface area contributed by atoms with Crippen LogP contribution in [0.3, 0.4) is 0 Å². The minimum atomic E-state index is -0.494. The third kappa shape index (κ3) is 2.32. The number of fused-ring (bicyclic) bond motifs is 1. The third-order valence-electron chi connectivity index (χ3n) is 2.82. The molecule has 0 saturated heterocycles. The normalized spacial score (nSPS) is 10.9. The number of benzene rings is 1. The van der Waals surface area contributed by atoms with Gasteiger partial charge < -0.3 is 4.74 Å². The molecule has 0 unspecified atom stereocenters. The van der Waals surface area contributed by atoms with E-state index in [1.54, 1.807) is 0 Å². The summed E-state index contributed by atoms with van der Waals surface area (Å²) in [6.45, 7) is 0. The zero-order valence-electron chi connectivity index (χ0n) is 10.2. The van der Waals surface area contributed by atoms with Crippen LogP contribution in [0.25, 0.3) is 5.65 Å². The molecule has 3 rings (SSSR count). The van der Waals surface area contributed by atoms with Gasteiger partial charge in [0.15, 0.2) is 0 Å². The molecule has 0 bridgehead atoms. The molecule has 2 aromatic heterocycles. The molecule has 0 amide bonds. The Kier molecular flexibility index (Phi) is 3.51. The monoisotopic (exact) mass is 310 g/mol. The minimum absolute atomic E-state index is 0.00122. The zero-order valence-corrected chi connectivity index (χ0v) is 11.7. The fraction of sp³-hybridized carbons (Fsp3) is 0.0714. The molecule has 0 saturated carbocycles. The number of rotatable bonds is 3. The summed E-state index contributed by atoms with van der Waals surface area (Å²) < 4.78 is 20.6. The average Bonchev–Trinajstić information content (AvgIpc) is 2.80. The van der Waals surface area contributed by atoms with E-state index < -0.39 is 5.82 Å². The summed E-state index contributed by atoms with van der Waals surface area (Å²) in [6, 6.07) is 9.73. The fourth-order valence-corrected chi connectivity index (χ4v) is 2.29. The van der Waals surface area contributed by atoms with Crippen molar-refractivity contribution >= 4 is 28.8 Å². The summed E-state index contributed by atoms with van der Waals surface area (Å²) in [5.74, 6) is 0.543. The van der Waals surface area contributed by atoms with E-state index in [0.29, 0.717) is 11.6 Å². The first-order valence-electron chi connectivity index (χ1n) is 5.84. The Morgan fingerprint density at radius 1 is 1.25 bits per heavy atom. The van der Waals surface area contributed by atoms with Crippen LogP contribution in [0.4, 0.5) is 4.39 Å². The lowest BCUT2D eigenvalue weighted by Gasteiger charge is -2.05. The van der Waals surface area contributed by atoms with Gasteiger partial charge in [-0.15, -0.1) is 11.6 Å². The van der Waals surface area contributed by atoms with Gasteiger partial charge >= 0.3 is 0 Å². The second-order valence-electron chi connectivity index (χ2n) is 4.10. The van der Waals surface area contributed by atoms with Gasteiger partial charge in [0.2, 0.25) is 5.88 Å². The molecule has 3 aromatic rings. The fourth-order valence-electron chi connectivity index (χ4n) is 1.88. The summed E-state index contributed by atoms with van der Waals surface area (Å²) in [5, 5.41) is -0.00122. The van der Waals surface area contributed by atoms with E-state index in [1.807, 2.05) is 28.8 Å². The maximum atomic E-state index is 13.1. The van der Waals surface area contributed by atoms with Crippen molar-refractivity contribution in [1.82, 2.24) is 9.38 Å². The van der Waals surface area contributed by atoms with E-state index in [2.05, 4.69) is 4.98 Å². The van der Waals surface area contributed by atoms with Gasteiger partial charge in [-0.1, -0.05) is 17.7 Å². The Morgan fingerprint density at radius 2 is 2.10 bits per heavy atom. The molecule has 0 fully saturated rings. The van der Waals surface area contributed by atoms with Crippen molar-refractivity contribution in [3.05, 3.63) is 59.1 Å². The molecule has 0 radical (unpaired) electrons. The van der Waals surface area contributed by atoms with Gasteiger partial charge in [0.1, 0.15) is 22.9 Å². The van der Waals surface area contributed by atoms with Gasteiger partial charge in [-0.3, -0.25) is 4.40 Å². The molecule has 20 heavy (non-hydrogen) atoms. The highest BCUT2D eigenvalue weighted by Crippen LogP contribution is 2.29. The topological polar surface area (TPSA) is 26.5 Å². The summed E-state index contributed by atoms with van der Waals surface area (Å²) in [4.78, 5) is 4.35. The van der Waals surface area contributed by atoms with E-state index in [1.165, 1.54) is 18.2 Å². The van der Waals surface area contributed by atoms with Gasteiger partial charge in [-0.2, -0.15) is 4.98 Å². The van der Waals surface area contributed by atoms with E-state index in [9.17, 15) is 4.39 Å². The largest absolute Gasteiger partial charge is 0.437 e. The van der Waals surface area contributed by atoms with Crippen molar-refractivity contribution in [3.8, 4) is 11.6 Å². The van der Waals surface area contributed by atoms with Gasteiger partial charge in [0.05, 0.1) is 10.9 Å². The van der Waals surface area contributed by atoms with Crippen LogP contribution in [0.1, 0.15) is 5.69 Å². The number of halogens is 3. The van der Waals surface area contributed by atoms with Crippen molar-refractivity contribution in [2.24, 2.45) is 0 Å². The number of pyridine rings is 1. The first-order valence-corrected chi connectivity index (χ1v) is 6.75. The van der Waals surface area contributed by atoms with Crippen LogP contribution in [0.5, 0.6) is 11.6 Å². The number of aromatic nitrogens is 2. The zero-order chi connectivity index (χ0) is 14.1. The molecule has 0 aliphatic rings. The van der Waals surface area contributed by atoms with E-state index >= 15 is 0 Å². The molecular weight excluding hydrogens is 302 g/mol. The standard InChI is InChI=1S/C14H9Cl2FN2O/c15-8-12-14(18-13-3-1-2-6-19(12)13)20-9-4-5-11(17)10(16)7-9/h1-7H,8H2. The van der Waals surface area contributed by atoms with Crippen molar-refractivity contribution in [3.63, 3.8) is 0 Å². The maximum absolute atomic E-state index is 13.1. The van der Waals surface area contributed by atoms with Gasteiger partial charge in [-0.25, -0.2) is 4.39 Å². The van der Waals surface area contributed by atoms with Crippen molar-refractivity contribution in [2.45, 2.75) is 5.88 Å². The van der Waals surface area contributed by atoms with E-state index in [0.717, 1.165) is 11.3 Å². The highest BCUT2D eigenvalue weighted by molar-refractivity contribution is 6.30. The highest BCUT2D eigenvalue weighted by atomic mass is 35.5. The smallest absolute Gasteiger partial charge is 0.242 e. The molecule has 0 atom stereocenters. The third-order valence-corrected chi connectivity index (χ3v) is 3.37. The summed E-state index contributed by atoms with van der Waals surface area (Å²) in [5.41, 5.74) is 1.45. The number of imidazole rings is 1. The predicted molar refractivity (Wildman–Crippen MR) is 76.2 cm³/mol. The van der Waals surface area contributed by atoms with Crippen LogP contribution in [0.15, 0.2) is 42.6 Å². The van der Waals surface area contributed by atoms with Crippen LogP contribution in [-0.2, 0) is 5.88 Å². The highest BCUT2D eigenvalue weighted by Gasteiger charge is 2.13. The van der Waals surface area contributed by atoms with Crippen molar-refractivity contribution < 1.29 is 9.13 Å². The first kappa shape index (κ1) is 13.2. The molecule has 1 aromatic carbocycles. The lowest BCUT2D eigenvalue weighted by molar-refractivity contribution is 0.460. The Labute approximate surface area is 124 Å². The number of hydrogen-bond donors (Lipinski definition) is 0. The first-order chi connectivity index (χ1) is 9.69. The lowest BCUT2D eigenvalue weighted by Crippen LogP contribution is -1.92. The molecule has 0 aliphatic heterocycles. The van der Waals surface area contributed by atoms with Gasteiger partial charge in [0.25, 0.3) is 0 Å². The summed E-state index contributed by atoms with van der Waals surface area (Å²) in [7, 11) is 0. The number of nitrogens with zero attached hydrogens (tertiary/aromatic N) is 2. The Balaban J connectivity index is 2.03. The SMILES string of the molecule is Fc1ccc(Oc2nc3ccccn3c2CCl)cc1Cl. The van der Waals surface area contributed by atoms with E-state index in [-0.39, 0.29) is 10.9 Å². The number of hydrogen-bond acceptors (Lipinski definition) is 2. The molecule has 6 heteroatoms. The molecule has 3 nitrogen and oxygen atoms in total. The summed E-state index contributed by atoms with van der Waals surface area (Å²) in [6.07, 6.45) is 1.85. The van der Waals surface area contributed by atoms with E-state index in [4.69, 9.17) is 27.9 Å². The van der Waals surface area contributed by atoms with Crippen LogP contribution < -0.4 is 4.74 Å². The van der Waals surface area contributed by atoms with Crippen molar-refractivity contribution in [2.75, 3.05) is 0 Å². The predicted octanol–water partition coefficient (Wildman–Crippen LogP) is 4.66. The Hall–Kier alpha value is -1.78. The lowest BCUT2D eigenvalue weighted by atomic mass is 10.3. The quantitative estimate of drug-likeness (QED) is 0.658. The molecule has 0 N–H and O–H groups in total. The number of alkyl halides is 1. The number of ether oxygens (including phenoxy) is 1. The summed E-state index contributed by atoms with van der Waals surface area (Å²) >= 11 is 11.7. The maximum Gasteiger partial charge on any atom is 0.242 e.